The molecule has 1 aliphatic rings. The van der Waals surface area contributed by atoms with E-state index in [1.165, 1.54) is 5.82 Å². The van der Waals surface area contributed by atoms with Crippen molar-refractivity contribution in [1.29, 1.82) is 0 Å². The summed E-state index contributed by atoms with van der Waals surface area (Å²) in [5.41, 5.74) is 0. The molecule has 58 valence electrons. The van der Waals surface area contributed by atoms with Crippen LogP contribution in [-0.4, -0.2) is 13.6 Å². The molecule has 2 heterocycles. The van der Waals surface area contributed by atoms with E-state index in [2.05, 4.69) is 47.8 Å². The monoisotopic (exact) mass is 149 g/mol. The molecule has 1 aromatic rings. The van der Waals surface area contributed by atoms with E-state index in [1.54, 1.807) is 0 Å². The predicted molar refractivity (Wildman–Crippen MR) is 44.6 cm³/mol. The van der Waals surface area contributed by atoms with Crippen LogP contribution >= 0.6 is 0 Å². The van der Waals surface area contributed by atoms with Gasteiger partial charge in [0.15, 0.2) is 0 Å². The average molecular weight is 149 g/mol. The average Bonchev–Trinajstić information content (AvgIpc) is 2.30. The predicted octanol–water partition coefficient (Wildman–Crippen LogP) is 0.985. The fourth-order valence-electron chi connectivity index (χ4n) is 1.72. The smallest absolute Gasteiger partial charge is 0.260 e. The van der Waals surface area contributed by atoms with Crippen LogP contribution in [0, 0.1) is 0 Å². The van der Waals surface area contributed by atoms with Crippen molar-refractivity contribution in [3.63, 3.8) is 0 Å². The molecule has 1 atom stereocenters. The molecule has 0 bridgehead atoms. The third-order valence-electron chi connectivity index (χ3n) is 2.27. The van der Waals surface area contributed by atoms with Gasteiger partial charge in [-0.05, 0) is 13.0 Å². The van der Waals surface area contributed by atoms with Crippen molar-refractivity contribution in [2.75, 3.05) is 18.5 Å². The van der Waals surface area contributed by atoms with Crippen LogP contribution in [0.1, 0.15) is 13.0 Å². The molecule has 2 heteroatoms. The molecule has 1 unspecified atom stereocenters. The normalized spacial score (nSPS) is 22.0. The molecule has 0 N–H and O–H groups in total. The van der Waals surface area contributed by atoms with E-state index in [0.717, 1.165) is 6.54 Å². The number of fused-ring (bicyclic) bond motifs is 1. The minimum atomic E-state index is 0.621. The molecular formula is C9H13N2+. The Balaban J connectivity index is 2.52. The maximum absolute atomic E-state index is 2.31. The SMILES string of the molecule is CC1CN(C)c2cccc[n+]21. The van der Waals surface area contributed by atoms with Crippen molar-refractivity contribution in [3.05, 3.63) is 24.4 Å². The molecule has 0 fully saturated rings. The Kier molecular flexibility index (Phi) is 1.34. The lowest BCUT2D eigenvalue weighted by molar-refractivity contribution is -0.693. The van der Waals surface area contributed by atoms with E-state index in [1.807, 2.05) is 0 Å². The largest absolute Gasteiger partial charge is 0.276 e. The van der Waals surface area contributed by atoms with Gasteiger partial charge < -0.3 is 0 Å². The van der Waals surface area contributed by atoms with Crippen LogP contribution in [0.25, 0.3) is 0 Å². The standard InChI is InChI=1S/C9H13N2/c1-8-7-10(2)9-5-3-4-6-11(8)9/h3-6,8H,7H2,1-2H3/q+1. The molecule has 1 aliphatic heterocycles. The Labute approximate surface area is 67.1 Å². The highest BCUT2D eigenvalue weighted by molar-refractivity contribution is 5.33. The van der Waals surface area contributed by atoms with E-state index >= 15 is 0 Å². The summed E-state index contributed by atoms with van der Waals surface area (Å²) in [7, 11) is 2.13. The zero-order valence-corrected chi connectivity index (χ0v) is 6.99. The van der Waals surface area contributed by atoms with Crippen LogP contribution in [0.4, 0.5) is 5.82 Å². The molecule has 11 heavy (non-hydrogen) atoms. The number of likely N-dealkylation sites (N-methyl/N-ethyl adjacent to an activating group) is 1. The van der Waals surface area contributed by atoms with E-state index in [9.17, 15) is 0 Å². The second kappa shape index (κ2) is 2.22. The molecule has 0 amide bonds. The quantitative estimate of drug-likeness (QED) is 0.499. The third kappa shape index (κ3) is 0.897. The highest BCUT2D eigenvalue weighted by Gasteiger charge is 2.28. The minimum absolute atomic E-state index is 0.621. The summed E-state index contributed by atoms with van der Waals surface area (Å²) in [6, 6.07) is 6.94. The number of pyridine rings is 1. The summed E-state index contributed by atoms with van der Waals surface area (Å²) in [4.78, 5) is 2.28. The summed E-state index contributed by atoms with van der Waals surface area (Å²) in [6.07, 6.45) is 2.14. The maximum Gasteiger partial charge on any atom is 0.276 e. The van der Waals surface area contributed by atoms with Gasteiger partial charge in [0, 0.05) is 6.07 Å². The first-order valence-electron chi connectivity index (χ1n) is 4.00. The van der Waals surface area contributed by atoms with E-state index in [4.69, 9.17) is 0 Å². The van der Waals surface area contributed by atoms with Gasteiger partial charge in [-0.1, -0.05) is 6.07 Å². The van der Waals surface area contributed by atoms with Crippen molar-refractivity contribution < 1.29 is 4.57 Å². The summed E-state index contributed by atoms with van der Waals surface area (Å²) >= 11 is 0. The number of anilines is 1. The summed E-state index contributed by atoms with van der Waals surface area (Å²) in [6.45, 7) is 3.37. The van der Waals surface area contributed by atoms with Gasteiger partial charge in [0.25, 0.3) is 5.82 Å². The topological polar surface area (TPSA) is 7.12 Å². The van der Waals surface area contributed by atoms with Crippen LogP contribution in [0.2, 0.25) is 0 Å². The fourth-order valence-corrected chi connectivity index (χ4v) is 1.72. The molecule has 0 aliphatic carbocycles. The van der Waals surface area contributed by atoms with Gasteiger partial charge in [0.05, 0.1) is 13.2 Å². The van der Waals surface area contributed by atoms with Gasteiger partial charge in [-0.3, -0.25) is 4.90 Å². The van der Waals surface area contributed by atoms with Gasteiger partial charge in [-0.2, -0.15) is 0 Å². The Hall–Kier alpha value is -1.05. The summed E-state index contributed by atoms with van der Waals surface area (Å²) in [5.74, 6) is 1.32. The molecular weight excluding hydrogens is 136 g/mol. The molecule has 0 radical (unpaired) electrons. The Morgan fingerprint density at radius 3 is 3.09 bits per heavy atom. The number of rotatable bonds is 0. The molecule has 0 spiro atoms. The first-order valence-corrected chi connectivity index (χ1v) is 4.00. The molecule has 0 aromatic carbocycles. The van der Waals surface area contributed by atoms with Crippen molar-refractivity contribution in [2.45, 2.75) is 13.0 Å². The highest BCUT2D eigenvalue weighted by Crippen LogP contribution is 2.16. The van der Waals surface area contributed by atoms with Gasteiger partial charge >= 0.3 is 0 Å². The number of hydrogen-bond acceptors (Lipinski definition) is 1. The second-order valence-electron chi connectivity index (χ2n) is 3.20. The number of aromatic nitrogens is 1. The van der Waals surface area contributed by atoms with Gasteiger partial charge in [0.1, 0.15) is 12.6 Å². The summed E-state index contributed by atoms with van der Waals surface area (Å²) in [5, 5.41) is 0. The van der Waals surface area contributed by atoms with E-state index < -0.39 is 0 Å². The van der Waals surface area contributed by atoms with Crippen LogP contribution < -0.4 is 9.47 Å². The van der Waals surface area contributed by atoms with Crippen molar-refractivity contribution in [1.82, 2.24) is 0 Å². The minimum Gasteiger partial charge on any atom is -0.260 e. The third-order valence-corrected chi connectivity index (χ3v) is 2.27. The Morgan fingerprint density at radius 1 is 1.55 bits per heavy atom. The first kappa shape index (κ1) is 6.65. The van der Waals surface area contributed by atoms with Gasteiger partial charge in [-0.25, -0.2) is 4.57 Å². The first-order chi connectivity index (χ1) is 5.29. The summed E-state index contributed by atoms with van der Waals surface area (Å²) < 4.78 is 2.31. The lowest BCUT2D eigenvalue weighted by Crippen LogP contribution is -2.33. The lowest BCUT2D eigenvalue weighted by atomic mass is 10.3. The molecule has 0 saturated carbocycles. The second-order valence-corrected chi connectivity index (χ2v) is 3.20. The zero-order valence-electron chi connectivity index (χ0n) is 6.99. The molecule has 0 saturated heterocycles. The van der Waals surface area contributed by atoms with E-state index in [-0.39, 0.29) is 0 Å². The number of nitrogens with zero attached hydrogens (tertiary/aromatic N) is 2. The van der Waals surface area contributed by atoms with Gasteiger partial charge in [0.2, 0.25) is 0 Å². The molecule has 2 nitrogen and oxygen atoms in total. The van der Waals surface area contributed by atoms with Crippen molar-refractivity contribution in [3.8, 4) is 0 Å². The van der Waals surface area contributed by atoms with Gasteiger partial charge in [-0.15, -0.1) is 0 Å². The van der Waals surface area contributed by atoms with Crippen LogP contribution in [0.3, 0.4) is 0 Å². The fraction of sp³-hybridized carbons (Fsp3) is 0.444. The van der Waals surface area contributed by atoms with Crippen LogP contribution in [0.15, 0.2) is 24.4 Å². The van der Waals surface area contributed by atoms with Crippen LogP contribution in [0.5, 0.6) is 0 Å². The Bertz CT molecular complexity index is 243. The Morgan fingerprint density at radius 2 is 2.36 bits per heavy atom. The number of hydrogen-bond donors (Lipinski definition) is 0. The highest BCUT2D eigenvalue weighted by atomic mass is 15.3. The maximum atomic E-state index is 2.31. The van der Waals surface area contributed by atoms with Crippen molar-refractivity contribution >= 4 is 5.82 Å². The zero-order chi connectivity index (χ0) is 7.84. The van der Waals surface area contributed by atoms with E-state index in [0.29, 0.717) is 6.04 Å². The molecule has 2 rings (SSSR count). The van der Waals surface area contributed by atoms with Crippen molar-refractivity contribution in [2.24, 2.45) is 0 Å². The van der Waals surface area contributed by atoms with Crippen LogP contribution in [-0.2, 0) is 0 Å². The molecule has 1 aromatic heterocycles. The lowest BCUT2D eigenvalue weighted by Gasteiger charge is -1.99.